The first-order chi connectivity index (χ1) is 11.6. The molecule has 1 heterocycles. The molecule has 0 bridgehead atoms. The molecule has 0 aliphatic carbocycles. The normalized spacial score (nSPS) is 12.0. The van der Waals surface area contributed by atoms with E-state index in [-0.39, 0.29) is 22.9 Å². The zero-order valence-corrected chi connectivity index (χ0v) is 16.2. The Morgan fingerprint density at radius 3 is 2.52 bits per heavy atom. The number of nitrogens with two attached hydrogens (primary N) is 1. The highest BCUT2D eigenvalue weighted by atomic mass is 79.9. The van der Waals surface area contributed by atoms with Crippen LogP contribution >= 0.6 is 15.9 Å². The minimum absolute atomic E-state index is 0.0233. The van der Waals surface area contributed by atoms with E-state index in [1.54, 1.807) is 0 Å². The van der Waals surface area contributed by atoms with Gasteiger partial charge in [0.2, 0.25) is 5.91 Å². The third kappa shape index (κ3) is 3.84. The summed E-state index contributed by atoms with van der Waals surface area (Å²) in [7, 11) is 1.44. The van der Waals surface area contributed by atoms with Crippen molar-refractivity contribution < 1.29 is 4.79 Å². The molecule has 134 valence electrons. The predicted octanol–water partition coefficient (Wildman–Crippen LogP) is 1.39. The summed E-state index contributed by atoms with van der Waals surface area (Å²) in [5.74, 6) is -0.406. The van der Waals surface area contributed by atoms with Crippen molar-refractivity contribution in [3.8, 4) is 0 Å². The Bertz CT molecular complexity index is 909. The summed E-state index contributed by atoms with van der Waals surface area (Å²) in [4.78, 5) is 36.7. The average molecular weight is 409 g/mol. The number of rotatable bonds is 4. The third-order valence-corrected chi connectivity index (χ3v) is 4.99. The smallest absolute Gasteiger partial charge is 0.332 e. The lowest BCUT2D eigenvalue weighted by Crippen LogP contribution is -2.44. The van der Waals surface area contributed by atoms with Gasteiger partial charge in [0.05, 0.1) is 6.04 Å². The van der Waals surface area contributed by atoms with E-state index in [1.807, 2.05) is 39.0 Å². The Kier molecular flexibility index (Phi) is 5.52. The number of nitrogens with one attached hydrogen (secondary N) is 1. The number of nitrogens with zero attached hydrogens (tertiary/aromatic N) is 2. The van der Waals surface area contributed by atoms with Gasteiger partial charge >= 0.3 is 5.69 Å². The van der Waals surface area contributed by atoms with Gasteiger partial charge < -0.3 is 11.1 Å². The maximum absolute atomic E-state index is 12.3. The molecular weight excluding hydrogens is 388 g/mol. The SMILES string of the molecule is Cc1ccc([C@@H](C)NC(=O)Cn2c(=O)c(Br)c(N)n(C)c2=O)cc1C. The standard InChI is InChI=1S/C17H21BrN4O3/c1-9-5-6-12(7-10(9)2)11(3)20-13(23)8-22-16(24)14(18)15(19)21(4)17(22)25/h5-7,11H,8,19H2,1-4H3,(H,20,23)/t11-/m1/s1. The molecule has 1 aromatic carbocycles. The molecule has 0 aliphatic rings. The fraction of sp³-hybridized carbons (Fsp3) is 0.353. The van der Waals surface area contributed by atoms with E-state index in [0.29, 0.717) is 0 Å². The fourth-order valence-corrected chi connectivity index (χ4v) is 2.91. The molecule has 2 aromatic rings. The van der Waals surface area contributed by atoms with Gasteiger partial charge in [-0.25, -0.2) is 9.36 Å². The number of nitrogen functional groups attached to an aromatic ring is 1. The van der Waals surface area contributed by atoms with Crippen molar-refractivity contribution in [2.24, 2.45) is 7.05 Å². The van der Waals surface area contributed by atoms with Crippen LogP contribution in [0.25, 0.3) is 0 Å². The van der Waals surface area contributed by atoms with Crippen molar-refractivity contribution in [1.82, 2.24) is 14.5 Å². The summed E-state index contributed by atoms with van der Waals surface area (Å²) in [5, 5.41) is 2.81. The van der Waals surface area contributed by atoms with Crippen LogP contribution < -0.4 is 22.3 Å². The number of aryl methyl sites for hydroxylation is 2. The van der Waals surface area contributed by atoms with Crippen molar-refractivity contribution in [2.75, 3.05) is 5.73 Å². The molecule has 0 saturated heterocycles. The van der Waals surface area contributed by atoms with Gasteiger partial charge in [0.25, 0.3) is 5.56 Å². The lowest BCUT2D eigenvalue weighted by atomic mass is 10.0. The van der Waals surface area contributed by atoms with Crippen LogP contribution in [0.4, 0.5) is 5.82 Å². The Morgan fingerprint density at radius 2 is 1.92 bits per heavy atom. The topological polar surface area (TPSA) is 99.1 Å². The second-order valence-electron chi connectivity index (χ2n) is 6.07. The summed E-state index contributed by atoms with van der Waals surface area (Å²) in [6, 6.07) is 5.69. The van der Waals surface area contributed by atoms with Crippen LogP contribution in [0.3, 0.4) is 0 Å². The molecule has 1 aromatic heterocycles. The Balaban J connectivity index is 2.22. The summed E-state index contributed by atoms with van der Waals surface area (Å²) in [6.45, 7) is 5.49. The van der Waals surface area contributed by atoms with Crippen LogP contribution in [0.5, 0.6) is 0 Å². The van der Waals surface area contributed by atoms with Gasteiger partial charge in [-0.2, -0.15) is 0 Å². The van der Waals surface area contributed by atoms with Gasteiger partial charge in [0.1, 0.15) is 16.8 Å². The summed E-state index contributed by atoms with van der Waals surface area (Å²) >= 11 is 3.06. The van der Waals surface area contributed by atoms with Crippen LogP contribution in [-0.2, 0) is 18.4 Å². The number of carbonyl (C=O) groups excluding carboxylic acids is 1. The van der Waals surface area contributed by atoms with E-state index in [9.17, 15) is 14.4 Å². The minimum Gasteiger partial charge on any atom is -0.384 e. The summed E-state index contributed by atoms with van der Waals surface area (Å²) in [6.07, 6.45) is 0. The minimum atomic E-state index is -0.639. The lowest BCUT2D eigenvalue weighted by Gasteiger charge is -2.16. The monoisotopic (exact) mass is 408 g/mol. The molecule has 0 radical (unpaired) electrons. The molecular formula is C17H21BrN4O3. The number of amides is 1. The van der Waals surface area contributed by atoms with Gasteiger partial charge in [0.15, 0.2) is 0 Å². The summed E-state index contributed by atoms with van der Waals surface area (Å²) < 4.78 is 2.03. The van der Waals surface area contributed by atoms with E-state index in [0.717, 1.165) is 20.3 Å². The van der Waals surface area contributed by atoms with Gasteiger partial charge in [0, 0.05) is 7.05 Å². The van der Waals surface area contributed by atoms with Crippen LogP contribution in [0.2, 0.25) is 0 Å². The van der Waals surface area contributed by atoms with Crippen molar-refractivity contribution in [3.05, 3.63) is 60.2 Å². The van der Waals surface area contributed by atoms with Crippen LogP contribution in [0.15, 0.2) is 32.3 Å². The van der Waals surface area contributed by atoms with Crippen molar-refractivity contribution in [3.63, 3.8) is 0 Å². The van der Waals surface area contributed by atoms with Crippen LogP contribution in [0.1, 0.15) is 29.7 Å². The fourth-order valence-electron chi connectivity index (χ4n) is 2.43. The van der Waals surface area contributed by atoms with E-state index in [2.05, 4.69) is 21.2 Å². The van der Waals surface area contributed by atoms with Crippen molar-refractivity contribution >= 4 is 27.7 Å². The average Bonchev–Trinajstić information content (AvgIpc) is 2.57. The Hall–Kier alpha value is -2.35. The second-order valence-corrected chi connectivity index (χ2v) is 6.86. The molecule has 1 atom stereocenters. The van der Waals surface area contributed by atoms with E-state index in [4.69, 9.17) is 5.73 Å². The first-order valence-electron chi connectivity index (χ1n) is 7.74. The van der Waals surface area contributed by atoms with Gasteiger partial charge in [-0.15, -0.1) is 0 Å². The molecule has 2 rings (SSSR count). The number of benzene rings is 1. The number of aromatic nitrogens is 2. The van der Waals surface area contributed by atoms with E-state index >= 15 is 0 Å². The van der Waals surface area contributed by atoms with Gasteiger partial charge in [-0.05, 0) is 53.4 Å². The van der Waals surface area contributed by atoms with Crippen molar-refractivity contribution in [2.45, 2.75) is 33.4 Å². The molecule has 3 N–H and O–H groups in total. The second kappa shape index (κ2) is 7.26. The molecule has 0 aliphatic heterocycles. The lowest BCUT2D eigenvalue weighted by molar-refractivity contribution is -0.122. The molecule has 0 unspecified atom stereocenters. The zero-order valence-electron chi connectivity index (χ0n) is 14.6. The van der Waals surface area contributed by atoms with E-state index < -0.39 is 17.2 Å². The molecule has 8 heteroatoms. The number of anilines is 1. The van der Waals surface area contributed by atoms with Crippen LogP contribution in [-0.4, -0.2) is 15.0 Å². The predicted molar refractivity (Wildman–Crippen MR) is 101 cm³/mol. The number of carbonyl (C=O) groups is 1. The van der Waals surface area contributed by atoms with Crippen molar-refractivity contribution in [1.29, 1.82) is 0 Å². The Labute approximate surface area is 153 Å². The molecule has 25 heavy (non-hydrogen) atoms. The van der Waals surface area contributed by atoms with Gasteiger partial charge in [-0.3, -0.25) is 14.2 Å². The maximum atomic E-state index is 12.3. The zero-order chi connectivity index (χ0) is 18.9. The highest BCUT2D eigenvalue weighted by Crippen LogP contribution is 2.16. The first-order valence-corrected chi connectivity index (χ1v) is 8.54. The molecule has 0 fully saturated rings. The molecule has 0 saturated carbocycles. The number of hydrogen-bond donors (Lipinski definition) is 2. The third-order valence-electron chi connectivity index (χ3n) is 4.25. The van der Waals surface area contributed by atoms with Gasteiger partial charge in [-0.1, -0.05) is 18.2 Å². The largest absolute Gasteiger partial charge is 0.384 e. The number of hydrogen-bond acceptors (Lipinski definition) is 4. The molecule has 1 amide bonds. The highest BCUT2D eigenvalue weighted by molar-refractivity contribution is 9.10. The highest BCUT2D eigenvalue weighted by Gasteiger charge is 2.17. The van der Waals surface area contributed by atoms with E-state index in [1.165, 1.54) is 12.6 Å². The first kappa shape index (κ1) is 19.0. The summed E-state index contributed by atoms with van der Waals surface area (Å²) in [5.41, 5.74) is 7.65. The molecule has 7 nitrogen and oxygen atoms in total. The quantitative estimate of drug-likeness (QED) is 0.797. The van der Waals surface area contributed by atoms with Crippen LogP contribution in [0, 0.1) is 13.8 Å². The Morgan fingerprint density at radius 1 is 1.28 bits per heavy atom. The number of halogens is 1. The maximum Gasteiger partial charge on any atom is 0.332 e. The molecule has 0 spiro atoms.